The summed E-state index contributed by atoms with van der Waals surface area (Å²) in [5.41, 5.74) is 1.06. The standard InChI is InChI=1S/C18H16ClNO2S/c1-11(12-6-4-3-5-7-12)20-18(21)17-16(22-2)14-10-13(19)8-9-15(14)23-17/h3-11H,1-2H3,(H,20,21). The highest BCUT2D eigenvalue weighted by atomic mass is 35.5. The maximum atomic E-state index is 12.6. The summed E-state index contributed by atoms with van der Waals surface area (Å²) in [6.45, 7) is 1.96. The molecule has 1 atom stereocenters. The Morgan fingerprint density at radius 2 is 1.96 bits per heavy atom. The molecule has 0 radical (unpaired) electrons. The molecule has 0 fully saturated rings. The topological polar surface area (TPSA) is 38.3 Å². The SMILES string of the molecule is COc1c(C(=O)NC(C)c2ccccc2)sc2ccc(Cl)cc12. The van der Waals surface area contributed by atoms with Crippen molar-refractivity contribution in [3.63, 3.8) is 0 Å². The molecule has 3 nitrogen and oxygen atoms in total. The van der Waals surface area contributed by atoms with Gasteiger partial charge in [0, 0.05) is 15.1 Å². The molecule has 0 aliphatic carbocycles. The van der Waals surface area contributed by atoms with Crippen LogP contribution >= 0.6 is 22.9 Å². The maximum absolute atomic E-state index is 12.6. The number of rotatable bonds is 4. The molecule has 1 heterocycles. The van der Waals surface area contributed by atoms with Crippen LogP contribution in [0.25, 0.3) is 10.1 Å². The average molecular weight is 346 g/mol. The van der Waals surface area contributed by atoms with E-state index in [1.165, 1.54) is 11.3 Å². The van der Waals surface area contributed by atoms with E-state index < -0.39 is 0 Å². The normalized spacial score (nSPS) is 12.1. The van der Waals surface area contributed by atoms with Crippen molar-refractivity contribution in [2.24, 2.45) is 0 Å². The number of carbonyl (C=O) groups excluding carboxylic acids is 1. The first-order valence-electron chi connectivity index (χ1n) is 7.22. The van der Waals surface area contributed by atoms with E-state index in [0.717, 1.165) is 15.6 Å². The minimum Gasteiger partial charge on any atom is -0.494 e. The zero-order chi connectivity index (χ0) is 16.4. The van der Waals surface area contributed by atoms with Gasteiger partial charge in [0.05, 0.1) is 13.2 Å². The van der Waals surface area contributed by atoms with E-state index in [1.54, 1.807) is 7.11 Å². The molecular weight excluding hydrogens is 330 g/mol. The highest BCUT2D eigenvalue weighted by Crippen LogP contribution is 2.39. The molecule has 23 heavy (non-hydrogen) atoms. The van der Waals surface area contributed by atoms with Gasteiger partial charge in [-0.25, -0.2) is 0 Å². The Labute approximate surface area is 143 Å². The lowest BCUT2D eigenvalue weighted by atomic mass is 10.1. The van der Waals surface area contributed by atoms with Gasteiger partial charge in [0.2, 0.25) is 0 Å². The lowest BCUT2D eigenvalue weighted by Crippen LogP contribution is -2.26. The van der Waals surface area contributed by atoms with Crippen LogP contribution in [0.4, 0.5) is 0 Å². The number of methoxy groups -OCH3 is 1. The first kappa shape index (κ1) is 15.8. The number of hydrogen-bond acceptors (Lipinski definition) is 3. The van der Waals surface area contributed by atoms with Crippen molar-refractivity contribution in [2.75, 3.05) is 7.11 Å². The summed E-state index contributed by atoms with van der Waals surface area (Å²) < 4.78 is 6.43. The van der Waals surface area contributed by atoms with Gasteiger partial charge in [-0.05, 0) is 30.7 Å². The highest BCUT2D eigenvalue weighted by molar-refractivity contribution is 7.21. The van der Waals surface area contributed by atoms with Crippen LogP contribution in [0.3, 0.4) is 0 Å². The average Bonchev–Trinajstić information content (AvgIpc) is 2.93. The Kier molecular flexibility index (Phi) is 4.55. The van der Waals surface area contributed by atoms with E-state index >= 15 is 0 Å². The molecule has 118 valence electrons. The maximum Gasteiger partial charge on any atom is 0.265 e. The monoisotopic (exact) mass is 345 g/mol. The fraction of sp³-hybridized carbons (Fsp3) is 0.167. The van der Waals surface area contributed by atoms with Crippen LogP contribution in [0.1, 0.15) is 28.2 Å². The number of halogens is 1. The number of carbonyl (C=O) groups is 1. The largest absolute Gasteiger partial charge is 0.494 e. The van der Waals surface area contributed by atoms with Gasteiger partial charge in [0.25, 0.3) is 5.91 Å². The van der Waals surface area contributed by atoms with Gasteiger partial charge >= 0.3 is 0 Å². The number of thiophene rings is 1. The van der Waals surface area contributed by atoms with Gasteiger partial charge in [0.15, 0.2) is 0 Å². The van der Waals surface area contributed by atoms with E-state index in [9.17, 15) is 4.79 Å². The molecule has 3 aromatic rings. The molecule has 0 aliphatic heterocycles. The van der Waals surface area contributed by atoms with Crippen LogP contribution in [-0.2, 0) is 0 Å². The van der Waals surface area contributed by atoms with Gasteiger partial charge in [-0.1, -0.05) is 41.9 Å². The summed E-state index contributed by atoms with van der Waals surface area (Å²) in [5.74, 6) is 0.431. The second kappa shape index (κ2) is 6.60. The number of benzene rings is 2. The van der Waals surface area contributed by atoms with Gasteiger partial charge in [0.1, 0.15) is 10.6 Å². The second-order valence-corrected chi connectivity index (χ2v) is 6.70. The van der Waals surface area contributed by atoms with Gasteiger partial charge in [-0.2, -0.15) is 0 Å². The molecule has 0 saturated heterocycles. The summed E-state index contributed by atoms with van der Waals surface area (Å²) in [4.78, 5) is 13.2. The van der Waals surface area contributed by atoms with Gasteiger partial charge < -0.3 is 10.1 Å². The summed E-state index contributed by atoms with van der Waals surface area (Å²) >= 11 is 7.46. The number of amides is 1. The van der Waals surface area contributed by atoms with Crippen LogP contribution in [0.2, 0.25) is 5.02 Å². The zero-order valence-corrected chi connectivity index (χ0v) is 14.4. The van der Waals surface area contributed by atoms with E-state index in [2.05, 4.69) is 5.32 Å². The number of hydrogen-bond donors (Lipinski definition) is 1. The molecular formula is C18H16ClNO2S. The minimum absolute atomic E-state index is 0.0813. The molecule has 2 aromatic carbocycles. The minimum atomic E-state index is -0.143. The molecule has 3 rings (SSSR count). The third kappa shape index (κ3) is 3.19. The van der Waals surface area contributed by atoms with Crippen molar-refractivity contribution < 1.29 is 9.53 Å². The van der Waals surface area contributed by atoms with Crippen LogP contribution in [0, 0.1) is 0 Å². The summed E-state index contributed by atoms with van der Waals surface area (Å²) in [6.07, 6.45) is 0. The molecule has 1 N–H and O–H groups in total. The number of fused-ring (bicyclic) bond motifs is 1. The van der Waals surface area contributed by atoms with Crippen LogP contribution in [0.5, 0.6) is 5.75 Å². The molecule has 0 spiro atoms. The highest BCUT2D eigenvalue weighted by Gasteiger charge is 2.21. The smallest absolute Gasteiger partial charge is 0.265 e. The fourth-order valence-electron chi connectivity index (χ4n) is 2.49. The van der Waals surface area contributed by atoms with E-state index in [-0.39, 0.29) is 11.9 Å². The Morgan fingerprint density at radius 1 is 1.22 bits per heavy atom. The second-order valence-electron chi connectivity index (χ2n) is 5.21. The number of nitrogens with one attached hydrogen (secondary N) is 1. The first-order chi connectivity index (χ1) is 11.1. The van der Waals surface area contributed by atoms with Crippen LogP contribution in [-0.4, -0.2) is 13.0 Å². The van der Waals surface area contributed by atoms with Crippen molar-refractivity contribution in [1.29, 1.82) is 0 Å². The van der Waals surface area contributed by atoms with Crippen LogP contribution in [0.15, 0.2) is 48.5 Å². The lowest BCUT2D eigenvalue weighted by molar-refractivity contribution is 0.0941. The fourth-order valence-corrected chi connectivity index (χ4v) is 3.71. The van der Waals surface area contributed by atoms with Crippen molar-refractivity contribution in [1.82, 2.24) is 5.32 Å². The number of ether oxygens (including phenoxy) is 1. The Morgan fingerprint density at radius 3 is 2.65 bits per heavy atom. The molecule has 0 aliphatic rings. The molecule has 5 heteroatoms. The van der Waals surface area contributed by atoms with Gasteiger partial charge in [-0.15, -0.1) is 11.3 Å². The lowest BCUT2D eigenvalue weighted by Gasteiger charge is -2.14. The van der Waals surface area contributed by atoms with Crippen molar-refractivity contribution in [3.05, 3.63) is 64.0 Å². The van der Waals surface area contributed by atoms with Crippen molar-refractivity contribution in [3.8, 4) is 5.75 Å². The summed E-state index contributed by atoms with van der Waals surface area (Å²) in [5, 5.41) is 4.51. The van der Waals surface area contributed by atoms with Crippen molar-refractivity contribution >= 4 is 38.9 Å². The third-order valence-electron chi connectivity index (χ3n) is 3.66. The zero-order valence-electron chi connectivity index (χ0n) is 12.8. The first-order valence-corrected chi connectivity index (χ1v) is 8.41. The summed E-state index contributed by atoms with van der Waals surface area (Å²) in [7, 11) is 1.57. The predicted octanol–water partition coefficient (Wildman–Crippen LogP) is 5.05. The Hall–Kier alpha value is -2.04. The molecule has 0 bridgehead atoms. The molecule has 1 amide bonds. The van der Waals surface area contributed by atoms with Crippen molar-refractivity contribution in [2.45, 2.75) is 13.0 Å². The van der Waals surface area contributed by atoms with Gasteiger partial charge in [-0.3, -0.25) is 4.79 Å². The third-order valence-corrected chi connectivity index (χ3v) is 5.05. The van der Waals surface area contributed by atoms with Crippen LogP contribution < -0.4 is 10.1 Å². The summed E-state index contributed by atoms with van der Waals surface area (Å²) in [6, 6.07) is 15.3. The quantitative estimate of drug-likeness (QED) is 0.718. The van der Waals surface area contributed by atoms with E-state index in [4.69, 9.17) is 16.3 Å². The molecule has 1 aromatic heterocycles. The van der Waals surface area contributed by atoms with E-state index in [1.807, 2.05) is 55.5 Å². The Balaban J connectivity index is 1.92. The predicted molar refractivity (Wildman–Crippen MR) is 95.7 cm³/mol. The van der Waals surface area contributed by atoms with E-state index in [0.29, 0.717) is 15.6 Å². The molecule has 1 unspecified atom stereocenters. The Bertz CT molecular complexity index is 845. The molecule has 0 saturated carbocycles.